The third-order valence-corrected chi connectivity index (χ3v) is 4.63. The maximum absolute atomic E-state index is 4.88. The van der Waals surface area contributed by atoms with E-state index in [1.807, 2.05) is 16.9 Å². The number of aromatic nitrogens is 3. The summed E-state index contributed by atoms with van der Waals surface area (Å²) in [5, 5.41) is 4.34. The fourth-order valence-corrected chi connectivity index (χ4v) is 3.33. The van der Waals surface area contributed by atoms with Crippen molar-refractivity contribution in [1.29, 1.82) is 0 Å². The molecule has 0 spiro atoms. The van der Waals surface area contributed by atoms with Gasteiger partial charge in [-0.25, -0.2) is 0 Å². The van der Waals surface area contributed by atoms with E-state index in [-0.39, 0.29) is 0 Å². The van der Waals surface area contributed by atoms with E-state index in [4.69, 9.17) is 4.98 Å². The minimum atomic E-state index is 0.656. The van der Waals surface area contributed by atoms with Gasteiger partial charge in [0.25, 0.3) is 0 Å². The van der Waals surface area contributed by atoms with E-state index in [1.165, 1.54) is 25.2 Å². The predicted molar refractivity (Wildman–Crippen MR) is 89.7 cm³/mol. The Bertz CT molecular complexity index is 617. The van der Waals surface area contributed by atoms with Crippen LogP contribution in [0.1, 0.15) is 32.9 Å². The minimum Gasteiger partial charge on any atom is -0.301 e. The first kappa shape index (κ1) is 15.2. The summed E-state index contributed by atoms with van der Waals surface area (Å²) in [6.45, 7) is 9.99. The van der Waals surface area contributed by atoms with Gasteiger partial charge in [-0.1, -0.05) is 6.07 Å². The number of nitrogens with zero attached hydrogens (tertiary/aromatic N) is 4. The summed E-state index contributed by atoms with van der Waals surface area (Å²) in [6.07, 6.45) is 4.22. The summed E-state index contributed by atoms with van der Waals surface area (Å²) < 4.78 is 2.00. The highest BCUT2D eigenvalue weighted by atomic mass is 15.3. The Labute approximate surface area is 133 Å². The average molecular weight is 298 g/mol. The summed E-state index contributed by atoms with van der Waals surface area (Å²) in [5.41, 5.74) is 3.35. The summed E-state index contributed by atoms with van der Waals surface area (Å²) in [7, 11) is 0. The molecule has 0 amide bonds. The van der Waals surface area contributed by atoms with Gasteiger partial charge >= 0.3 is 0 Å². The molecule has 2 aromatic rings. The van der Waals surface area contributed by atoms with Gasteiger partial charge in [-0.2, -0.15) is 5.10 Å². The van der Waals surface area contributed by atoms with Crippen molar-refractivity contribution in [3.05, 3.63) is 36.2 Å². The van der Waals surface area contributed by atoms with Crippen molar-refractivity contribution in [1.82, 2.24) is 19.7 Å². The standard InChI is InChI=1S/C18H26N4/c1-4-22-18(8-10-19-22)17-7-5-6-16(20-17)12-15-9-11-21(13-15)14(2)3/h5-8,10,14-15H,4,9,11-13H2,1-3H3/t15-/m0/s1. The van der Waals surface area contributed by atoms with Gasteiger partial charge in [0.15, 0.2) is 0 Å². The van der Waals surface area contributed by atoms with Gasteiger partial charge in [0.1, 0.15) is 0 Å². The molecule has 4 heteroatoms. The van der Waals surface area contributed by atoms with Crippen LogP contribution in [0, 0.1) is 5.92 Å². The number of rotatable bonds is 5. The normalized spacial score (nSPS) is 19.2. The number of hydrogen-bond donors (Lipinski definition) is 0. The highest BCUT2D eigenvalue weighted by Gasteiger charge is 2.24. The highest BCUT2D eigenvalue weighted by molar-refractivity contribution is 5.54. The molecule has 1 aliphatic heterocycles. The molecule has 118 valence electrons. The Balaban J connectivity index is 1.72. The summed E-state index contributed by atoms with van der Waals surface area (Å²) in [6, 6.07) is 9.07. The molecular formula is C18H26N4. The number of likely N-dealkylation sites (tertiary alicyclic amines) is 1. The van der Waals surface area contributed by atoms with E-state index in [0.29, 0.717) is 6.04 Å². The molecule has 22 heavy (non-hydrogen) atoms. The molecule has 0 radical (unpaired) electrons. The zero-order valence-corrected chi connectivity index (χ0v) is 13.9. The zero-order chi connectivity index (χ0) is 15.5. The molecule has 3 rings (SSSR count). The van der Waals surface area contributed by atoms with Crippen molar-refractivity contribution >= 4 is 0 Å². The lowest BCUT2D eigenvalue weighted by atomic mass is 10.0. The van der Waals surface area contributed by atoms with Crippen LogP contribution >= 0.6 is 0 Å². The molecule has 2 aromatic heterocycles. The molecule has 0 bridgehead atoms. The first-order chi connectivity index (χ1) is 10.7. The molecule has 0 N–H and O–H groups in total. The molecule has 0 aromatic carbocycles. The first-order valence-corrected chi connectivity index (χ1v) is 8.39. The Morgan fingerprint density at radius 3 is 2.86 bits per heavy atom. The lowest BCUT2D eigenvalue weighted by Crippen LogP contribution is -2.28. The summed E-state index contributed by atoms with van der Waals surface area (Å²) in [4.78, 5) is 7.45. The van der Waals surface area contributed by atoms with E-state index >= 15 is 0 Å². The van der Waals surface area contributed by atoms with Gasteiger partial charge < -0.3 is 4.90 Å². The van der Waals surface area contributed by atoms with Crippen LogP contribution in [0.5, 0.6) is 0 Å². The van der Waals surface area contributed by atoms with Crippen molar-refractivity contribution in [2.75, 3.05) is 13.1 Å². The van der Waals surface area contributed by atoms with Gasteiger partial charge in [-0.15, -0.1) is 0 Å². The van der Waals surface area contributed by atoms with E-state index in [2.05, 4.69) is 49.0 Å². The monoisotopic (exact) mass is 298 g/mol. The van der Waals surface area contributed by atoms with Gasteiger partial charge in [-0.3, -0.25) is 9.67 Å². The topological polar surface area (TPSA) is 34.0 Å². The van der Waals surface area contributed by atoms with Crippen LogP contribution < -0.4 is 0 Å². The van der Waals surface area contributed by atoms with E-state index < -0.39 is 0 Å². The second-order valence-electron chi connectivity index (χ2n) is 6.49. The van der Waals surface area contributed by atoms with Crippen molar-refractivity contribution in [3.63, 3.8) is 0 Å². The summed E-state index contributed by atoms with van der Waals surface area (Å²) >= 11 is 0. The SMILES string of the molecule is CCn1nccc1-c1cccc(C[C@@H]2CCN(C(C)C)C2)n1. The van der Waals surface area contributed by atoms with Gasteiger partial charge in [0, 0.05) is 31.0 Å². The number of pyridine rings is 1. The largest absolute Gasteiger partial charge is 0.301 e. The van der Waals surface area contributed by atoms with E-state index in [9.17, 15) is 0 Å². The highest BCUT2D eigenvalue weighted by Crippen LogP contribution is 2.23. The third-order valence-electron chi connectivity index (χ3n) is 4.63. The molecule has 1 aliphatic rings. The van der Waals surface area contributed by atoms with E-state index in [0.717, 1.165) is 30.3 Å². The molecule has 4 nitrogen and oxygen atoms in total. The average Bonchev–Trinajstić information content (AvgIpc) is 3.16. The Hall–Kier alpha value is -1.68. The maximum atomic E-state index is 4.88. The zero-order valence-electron chi connectivity index (χ0n) is 13.9. The Kier molecular flexibility index (Phi) is 4.57. The minimum absolute atomic E-state index is 0.656. The smallest absolute Gasteiger partial charge is 0.0886 e. The van der Waals surface area contributed by atoms with Crippen molar-refractivity contribution in [2.24, 2.45) is 5.92 Å². The van der Waals surface area contributed by atoms with Gasteiger partial charge in [-0.05, 0) is 64.3 Å². The van der Waals surface area contributed by atoms with Gasteiger partial charge in [0.05, 0.1) is 11.4 Å². The maximum Gasteiger partial charge on any atom is 0.0886 e. The van der Waals surface area contributed by atoms with Crippen LogP contribution in [0.4, 0.5) is 0 Å². The fraction of sp³-hybridized carbons (Fsp3) is 0.556. The Morgan fingerprint density at radius 1 is 1.27 bits per heavy atom. The Morgan fingerprint density at radius 2 is 2.14 bits per heavy atom. The molecule has 3 heterocycles. The van der Waals surface area contributed by atoms with Crippen molar-refractivity contribution in [2.45, 2.75) is 46.2 Å². The predicted octanol–water partition coefficient (Wildman–Crippen LogP) is 3.24. The molecular weight excluding hydrogens is 272 g/mol. The summed E-state index contributed by atoms with van der Waals surface area (Å²) in [5.74, 6) is 0.737. The molecule has 0 aliphatic carbocycles. The van der Waals surface area contributed by atoms with Crippen LogP contribution in [-0.4, -0.2) is 38.8 Å². The molecule has 0 saturated carbocycles. The van der Waals surface area contributed by atoms with Crippen molar-refractivity contribution in [3.8, 4) is 11.4 Å². The van der Waals surface area contributed by atoms with Crippen molar-refractivity contribution < 1.29 is 0 Å². The van der Waals surface area contributed by atoms with Gasteiger partial charge in [0.2, 0.25) is 0 Å². The van der Waals surface area contributed by atoms with Crippen LogP contribution in [0.3, 0.4) is 0 Å². The van der Waals surface area contributed by atoms with Crippen LogP contribution in [0.2, 0.25) is 0 Å². The quantitative estimate of drug-likeness (QED) is 0.850. The van der Waals surface area contributed by atoms with Crippen LogP contribution in [-0.2, 0) is 13.0 Å². The first-order valence-electron chi connectivity index (χ1n) is 8.39. The van der Waals surface area contributed by atoms with Crippen LogP contribution in [0.15, 0.2) is 30.5 Å². The number of aryl methyl sites for hydroxylation is 1. The fourth-order valence-electron chi connectivity index (χ4n) is 3.33. The third kappa shape index (κ3) is 3.22. The molecule has 1 atom stereocenters. The second kappa shape index (κ2) is 6.61. The molecule has 1 saturated heterocycles. The second-order valence-corrected chi connectivity index (χ2v) is 6.49. The molecule has 0 unspecified atom stereocenters. The lowest BCUT2D eigenvalue weighted by molar-refractivity contribution is 0.265. The van der Waals surface area contributed by atoms with E-state index in [1.54, 1.807) is 0 Å². The van der Waals surface area contributed by atoms with Crippen LogP contribution in [0.25, 0.3) is 11.4 Å². The lowest BCUT2D eigenvalue weighted by Gasteiger charge is -2.20. The number of hydrogen-bond acceptors (Lipinski definition) is 3. The molecule has 1 fully saturated rings.